The first kappa shape index (κ1) is 25.7. The van der Waals surface area contributed by atoms with Gasteiger partial charge in [-0.2, -0.15) is 0 Å². The summed E-state index contributed by atoms with van der Waals surface area (Å²) < 4.78 is 4.59. The van der Waals surface area contributed by atoms with E-state index in [2.05, 4.69) is 11.7 Å². The summed E-state index contributed by atoms with van der Waals surface area (Å²) in [6, 6.07) is 0. The van der Waals surface area contributed by atoms with Gasteiger partial charge < -0.3 is 14.9 Å². The lowest BCUT2D eigenvalue weighted by Crippen LogP contribution is -2.26. The molecule has 0 saturated heterocycles. The maximum Gasteiger partial charge on any atom is 0.305 e. The lowest BCUT2D eigenvalue weighted by atomic mass is 9.77. The number of carbonyl (C=O) groups excluding carboxylic acids is 3. The topological polar surface area (TPSA) is 101 Å². The van der Waals surface area contributed by atoms with Crippen molar-refractivity contribution in [2.75, 3.05) is 7.11 Å². The number of hydrogen-bond donors (Lipinski definition) is 2. The van der Waals surface area contributed by atoms with Crippen LogP contribution in [-0.4, -0.2) is 47.1 Å². The number of Topliss-reactive ketones (excluding diaryl/α,β-unsaturated/α-hetero) is 2. The van der Waals surface area contributed by atoms with E-state index in [4.69, 9.17) is 0 Å². The van der Waals surface area contributed by atoms with Gasteiger partial charge in [0.25, 0.3) is 0 Å². The van der Waals surface area contributed by atoms with E-state index in [1.807, 2.05) is 0 Å². The Morgan fingerprint density at radius 3 is 2.48 bits per heavy atom. The molecule has 4 atom stereocenters. The Balaban J connectivity index is 1.83. The summed E-state index contributed by atoms with van der Waals surface area (Å²) in [5.41, 5.74) is 0. The van der Waals surface area contributed by atoms with E-state index in [1.54, 1.807) is 12.2 Å². The number of ether oxygens (including phenoxy) is 1. The highest BCUT2D eigenvalue weighted by Gasteiger charge is 2.41. The van der Waals surface area contributed by atoms with Crippen LogP contribution in [0.2, 0.25) is 0 Å². The number of esters is 1. The fourth-order valence-corrected chi connectivity index (χ4v) is 5.16. The number of unbranched alkanes of at least 4 members (excludes halogenated alkanes) is 1. The number of aliphatic hydroxyl groups excluding tert-OH is 2. The average molecular weight is 437 g/mol. The zero-order chi connectivity index (χ0) is 22.8. The summed E-state index contributed by atoms with van der Waals surface area (Å²) in [5.74, 6) is -0.332. The standard InChI is InChI=1S/C25H40O6/c1-3-6-17-9-11-18(12-10-17)22(27)14-13-20-21(24(29)16-23(20)28)15-19(26)7-4-5-8-25(30)31-2/h13-14,17-18,20-23,27-28H,3-12,15-16H2,1-2H3/b14-13+/t17?,18?,20-,21-,22-,23-/m1/s1. The van der Waals surface area contributed by atoms with Crippen LogP contribution in [0.25, 0.3) is 0 Å². The molecule has 0 amide bonds. The molecule has 2 saturated carbocycles. The molecule has 0 aromatic rings. The molecule has 0 bridgehead atoms. The number of methoxy groups -OCH3 is 1. The van der Waals surface area contributed by atoms with E-state index in [-0.39, 0.29) is 42.7 Å². The first-order chi connectivity index (χ1) is 14.8. The van der Waals surface area contributed by atoms with E-state index in [0.29, 0.717) is 19.3 Å². The predicted molar refractivity (Wildman–Crippen MR) is 118 cm³/mol. The van der Waals surface area contributed by atoms with Crippen LogP contribution < -0.4 is 0 Å². The molecule has 2 aliphatic rings. The summed E-state index contributed by atoms with van der Waals surface area (Å²) in [6.07, 6.45) is 10.9. The molecule has 2 N–H and O–H groups in total. The van der Waals surface area contributed by atoms with Gasteiger partial charge in [0.1, 0.15) is 11.6 Å². The van der Waals surface area contributed by atoms with Crippen molar-refractivity contribution in [2.24, 2.45) is 23.7 Å². The Kier molecular flexibility index (Phi) is 10.9. The van der Waals surface area contributed by atoms with E-state index < -0.39 is 24.0 Å². The molecule has 31 heavy (non-hydrogen) atoms. The van der Waals surface area contributed by atoms with E-state index in [1.165, 1.54) is 20.0 Å². The third-order valence-electron chi connectivity index (χ3n) is 7.10. The second kappa shape index (κ2) is 13.1. The van der Waals surface area contributed by atoms with Gasteiger partial charge in [-0.25, -0.2) is 0 Å². The fraction of sp³-hybridized carbons (Fsp3) is 0.800. The van der Waals surface area contributed by atoms with Crippen molar-refractivity contribution in [3.05, 3.63) is 12.2 Å². The lowest BCUT2D eigenvalue weighted by molar-refractivity contribution is -0.140. The van der Waals surface area contributed by atoms with Crippen molar-refractivity contribution in [2.45, 2.75) is 96.2 Å². The summed E-state index contributed by atoms with van der Waals surface area (Å²) in [6.45, 7) is 2.21. The zero-order valence-corrected chi connectivity index (χ0v) is 19.1. The first-order valence-electron chi connectivity index (χ1n) is 12.0. The highest BCUT2D eigenvalue weighted by molar-refractivity contribution is 5.90. The maximum atomic E-state index is 12.4. The minimum atomic E-state index is -0.798. The summed E-state index contributed by atoms with van der Waals surface area (Å²) >= 11 is 0. The quantitative estimate of drug-likeness (QED) is 0.274. The lowest BCUT2D eigenvalue weighted by Gasteiger charge is -2.30. The molecule has 2 aliphatic carbocycles. The van der Waals surface area contributed by atoms with Crippen molar-refractivity contribution in [3.63, 3.8) is 0 Å². The molecule has 0 aromatic carbocycles. The highest BCUT2D eigenvalue weighted by atomic mass is 16.5. The molecule has 0 radical (unpaired) electrons. The van der Waals surface area contributed by atoms with Crippen LogP contribution in [0.15, 0.2) is 12.2 Å². The van der Waals surface area contributed by atoms with Crippen LogP contribution in [0.5, 0.6) is 0 Å². The van der Waals surface area contributed by atoms with Crippen LogP contribution in [0.4, 0.5) is 0 Å². The van der Waals surface area contributed by atoms with Gasteiger partial charge >= 0.3 is 5.97 Å². The number of aliphatic hydroxyl groups is 2. The van der Waals surface area contributed by atoms with Gasteiger partial charge in [0.05, 0.1) is 19.3 Å². The van der Waals surface area contributed by atoms with Crippen molar-refractivity contribution in [3.8, 4) is 0 Å². The largest absolute Gasteiger partial charge is 0.469 e. The molecular weight excluding hydrogens is 396 g/mol. The molecule has 0 aliphatic heterocycles. The van der Waals surface area contributed by atoms with Gasteiger partial charge in [0.15, 0.2) is 0 Å². The van der Waals surface area contributed by atoms with Crippen molar-refractivity contribution >= 4 is 17.5 Å². The normalized spacial score (nSPS) is 29.9. The van der Waals surface area contributed by atoms with Crippen LogP contribution in [0, 0.1) is 23.7 Å². The monoisotopic (exact) mass is 436 g/mol. The first-order valence-corrected chi connectivity index (χ1v) is 12.0. The van der Waals surface area contributed by atoms with E-state index in [0.717, 1.165) is 31.6 Å². The third-order valence-corrected chi connectivity index (χ3v) is 7.10. The van der Waals surface area contributed by atoms with Gasteiger partial charge in [0.2, 0.25) is 0 Å². The molecular formula is C25H40O6. The Hall–Kier alpha value is -1.53. The van der Waals surface area contributed by atoms with Crippen LogP contribution in [0.1, 0.15) is 84.0 Å². The number of hydrogen-bond acceptors (Lipinski definition) is 6. The predicted octanol–water partition coefficient (Wildman–Crippen LogP) is 3.77. The Bertz CT molecular complexity index is 620. The highest BCUT2D eigenvalue weighted by Crippen LogP contribution is 2.36. The minimum absolute atomic E-state index is 0.0227. The van der Waals surface area contributed by atoms with Crippen molar-refractivity contribution in [1.29, 1.82) is 0 Å². The smallest absolute Gasteiger partial charge is 0.305 e. The van der Waals surface area contributed by atoms with E-state index in [9.17, 15) is 24.6 Å². The number of ketones is 2. The molecule has 6 nitrogen and oxygen atoms in total. The number of rotatable bonds is 12. The molecule has 0 unspecified atom stereocenters. The molecule has 0 spiro atoms. The summed E-state index contributed by atoms with van der Waals surface area (Å²) in [5, 5.41) is 21.0. The Labute approximate surface area is 186 Å². The van der Waals surface area contributed by atoms with Crippen LogP contribution in [0.3, 0.4) is 0 Å². The molecule has 0 aromatic heterocycles. The summed E-state index contributed by atoms with van der Waals surface area (Å²) in [7, 11) is 1.34. The second-order valence-corrected chi connectivity index (χ2v) is 9.39. The number of carbonyl (C=O) groups is 3. The fourth-order valence-electron chi connectivity index (χ4n) is 5.16. The minimum Gasteiger partial charge on any atom is -0.469 e. The molecule has 6 heteroatoms. The van der Waals surface area contributed by atoms with Crippen molar-refractivity contribution < 1.29 is 29.3 Å². The zero-order valence-electron chi connectivity index (χ0n) is 19.1. The van der Waals surface area contributed by atoms with Gasteiger partial charge in [0, 0.05) is 37.5 Å². The molecule has 2 fully saturated rings. The van der Waals surface area contributed by atoms with Gasteiger partial charge in [-0.1, -0.05) is 44.8 Å². The molecule has 2 rings (SSSR count). The van der Waals surface area contributed by atoms with Crippen molar-refractivity contribution in [1.82, 2.24) is 0 Å². The SMILES string of the molecule is CCCC1CCC([C@H](O)/C=C/[C@H]2[C@H](O)CC(=O)[C@@H]2CC(=O)CCCCC(=O)OC)CC1. The molecule has 0 heterocycles. The average Bonchev–Trinajstić information content (AvgIpc) is 3.02. The Morgan fingerprint density at radius 1 is 1.16 bits per heavy atom. The summed E-state index contributed by atoms with van der Waals surface area (Å²) in [4.78, 5) is 35.9. The maximum absolute atomic E-state index is 12.4. The van der Waals surface area contributed by atoms with Gasteiger partial charge in [-0.3, -0.25) is 14.4 Å². The second-order valence-electron chi connectivity index (χ2n) is 9.39. The Morgan fingerprint density at radius 2 is 1.84 bits per heavy atom. The van der Waals surface area contributed by atoms with Gasteiger partial charge in [-0.05, 0) is 37.5 Å². The third kappa shape index (κ3) is 8.15. The van der Waals surface area contributed by atoms with E-state index >= 15 is 0 Å². The van der Waals surface area contributed by atoms with Gasteiger partial charge in [-0.15, -0.1) is 0 Å². The van der Waals surface area contributed by atoms with Crippen LogP contribution >= 0.6 is 0 Å². The molecule has 176 valence electrons. The van der Waals surface area contributed by atoms with Crippen LogP contribution in [-0.2, 0) is 19.1 Å².